The molecule has 0 saturated heterocycles. The zero-order valence-corrected chi connectivity index (χ0v) is 11.8. The van der Waals surface area contributed by atoms with E-state index in [2.05, 4.69) is 26.0 Å². The fraction of sp³-hybridized carbons (Fsp3) is 0.625. The van der Waals surface area contributed by atoms with Crippen molar-refractivity contribution in [3.05, 3.63) is 28.8 Å². The highest BCUT2D eigenvalue weighted by Crippen LogP contribution is 2.37. The van der Waals surface area contributed by atoms with E-state index in [4.69, 9.17) is 10.5 Å². The van der Waals surface area contributed by atoms with Crippen LogP contribution in [-0.4, -0.2) is 7.11 Å². The van der Waals surface area contributed by atoms with E-state index < -0.39 is 0 Å². The number of ether oxygens (including phenoxy) is 1. The summed E-state index contributed by atoms with van der Waals surface area (Å²) in [6, 6.07) is 4.46. The van der Waals surface area contributed by atoms with Gasteiger partial charge >= 0.3 is 0 Å². The lowest BCUT2D eigenvalue weighted by Gasteiger charge is -2.29. The summed E-state index contributed by atoms with van der Waals surface area (Å²) in [7, 11) is 1.74. The summed E-state index contributed by atoms with van der Waals surface area (Å²) in [5.41, 5.74) is 10.2. The molecule has 2 N–H and O–H groups in total. The average molecular weight is 247 g/mol. The zero-order chi connectivity index (χ0) is 13.1. The number of hydrogen-bond acceptors (Lipinski definition) is 2. The van der Waals surface area contributed by atoms with Crippen LogP contribution in [-0.2, 0) is 0 Å². The Balaban J connectivity index is 2.27. The molecule has 1 fully saturated rings. The maximum Gasteiger partial charge on any atom is 0.123 e. The molecule has 1 aromatic rings. The number of benzene rings is 1. The van der Waals surface area contributed by atoms with E-state index in [-0.39, 0.29) is 6.04 Å². The predicted octanol–water partition coefficient (Wildman–Crippen LogP) is 3.89. The van der Waals surface area contributed by atoms with Gasteiger partial charge in [-0.3, -0.25) is 0 Å². The molecule has 18 heavy (non-hydrogen) atoms. The lowest BCUT2D eigenvalue weighted by molar-refractivity contribution is 0.301. The van der Waals surface area contributed by atoms with E-state index in [0.717, 1.165) is 5.75 Å². The van der Waals surface area contributed by atoms with Gasteiger partial charge in [0.25, 0.3) is 0 Å². The topological polar surface area (TPSA) is 35.2 Å². The lowest BCUT2D eigenvalue weighted by Crippen LogP contribution is -2.24. The molecule has 2 heteroatoms. The Morgan fingerprint density at radius 3 is 2.33 bits per heavy atom. The monoisotopic (exact) mass is 247 g/mol. The second kappa shape index (κ2) is 5.75. The third kappa shape index (κ3) is 2.69. The fourth-order valence-electron chi connectivity index (χ4n) is 3.00. The van der Waals surface area contributed by atoms with Gasteiger partial charge in [-0.05, 0) is 49.8 Å². The van der Waals surface area contributed by atoms with Gasteiger partial charge in [0.15, 0.2) is 0 Å². The van der Waals surface area contributed by atoms with E-state index in [0.29, 0.717) is 5.92 Å². The molecule has 0 aliphatic heterocycles. The first-order valence-electron chi connectivity index (χ1n) is 7.04. The molecule has 100 valence electrons. The van der Waals surface area contributed by atoms with E-state index in [1.165, 1.54) is 48.8 Å². The van der Waals surface area contributed by atoms with Crippen LogP contribution in [0, 0.1) is 19.8 Å². The van der Waals surface area contributed by atoms with Crippen LogP contribution in [0.4, 0.5) is 0 Å². The number of aryl methyl sites for hydroxylation is 2. The van der Waals surface area contributed by atoms with Crippen molar-refractivity contribution in [1.82, 2.24) is 0 Å². The zero-order valence-electron chi connectivity index (χ0n) is 11.8. The number of hydrogen-bond donors (Lipinski definition) is 1. The molecule has 0 heterocycles. The average Bonchev–Trinajstić information content (AvgIpc) is 2.41. The van der Waals surface area contributed by atoms with Crippen LogP contribution in [0.5, 0.6) is 5.75 Å². The smallest absolute Gasteiger partial charge is 0.123 e. The highest BCUT2D eigenvalue weighted by atomic mass is 16.5. The molecule has 0 amide bonds. The van der Waals surface area contributed by atoms with Gasteiger partial charge in [-0.2, -0.15) is 0 Å². The van der Waals surface area contributed by atoms with Crippen LogP contribution >= 0.6 is 0 Å². The lowest BCUT2D eigenvalue weighted by atomic mass is 9.81. The highest BCUT2D eigenvalue weighted by Gasteiger charge is 2.24. The SMILES string of the molecule is COc1cc(C)c(C)cc1C(N)C1CCCCC1. The maximum atomic E-state index is 6.49. The molecule has 1 aliphatic rings. The Morgan fingerprint density at radius 2 is 1.72 bits per heavy atom. The second-order valence-electron chi connectivity index (χ2n) is 5.60. The minimum atomic E-state index is 0.125. The Kier molecular flexibility index (Phi) is 4.28. The predicted molar refractivity (Wildman–Crippen MR) is 76.0 cm³/mol. The Bertz CT molecular complexity index is 408. The van der Waals surface area contributed by atoms with E-state index in [1.54, 1.807) is 7.11 Å². The Hall–Kier alpha value is -1.02. The largest absolute Gasteiger partial charge is 0.496 e. The van der Waals surface area contributed by atoms with Gasteiger partial charge in [0.05, 0.1) is 7.11 Å². The van der Waals surface area contributed by atoms with Crippen molar-refractivity contribution in [3.63, 3.8) is 0 Å². The molecule has 0 radical (unpaired) electrons. The summed E-state index contributed by atoms with van der Waals surface area (Å²) < 4.78 is 5.51. The molecule has 1 unspecified atom stereocenters. The first-order valence-corrected chi connectivity index (χ1v) is 7.04. The molecule has 0 aromatic heterocycles. The first-order chi connectivity index (χ1) is 8.63. The van der Waals surface area contributed by atoms with Crippen LogP contribution in [0.1, 0.15) is 54.8 Å². The summed E-state index contributed by atoms with van der Waals surface area (Å²) >= 11 is 0. The third-order valence-corrected chi connectivity index (χ3v) is 4.36. The molecule has 1 aliphatic carbocycles. The van der Waals surface area contributed by atoms with Crippen LogP contribution in [0.15, 0.2) is 12.1 Å². The van der Waals surface area contributed by atoms with E-state index in [9.17, 15) is 0 Å². The summed E-state index contributed by atoms with van der Waals surface area (Å²) in [4.78, 5) is 0. The van der Waals surface area contributed by atoms with Crippen molar-refractivity contribution < 1.29 is 4.74 Å². The molecule has 1 saturated carbocycles. The van der Waals surface area contributed by atoms with Gasteiger partial charge in [0.2, 0.25) is 0 Å². The molecule has 0 spiro atoms. The molecule has 0 bridgehead atoms. The van der Waals surface area contributed by atoms with Crippen molar-refractivity contribution in [2.75, 3.05) is 7.11 Å². The van der Waals surface area contributed by atoms with Crippen LogP contribution < -0.4 is 10.5 Å². The van der Waals surface area contributed by atoms with Gasteiger partial charge in [-0.15, -0.1) is 0 Å². The second-order valence-corrected chi connectivity index (χ2v) is 5.60. The van der Waals surface area contributed by atoms with Gasteiger partial charge in [0.1, 0.15) is 5.75 Å². The van der Waals surface area contributed by atoms with Crippen molar-refractivity contribution >= 4 is 0 Å². The summed E-state index contributed by atoms with van der Waals surface area (Å²) in [6.07, 6.45) is 6.54. The molecule has 2 nitrogen and oxygen atoms in total. The maximum absolute atomic E-state index is 6.49. The van der Waals surface area contributed by atoms with E-state index in [1.807, 2.05) is 0 Å². The summed E-state index contributed by atoms with van der Waals surface area (Å²) in [5.74, 6) is 1.57. The molecular weight excluding hydrogens is 222 g/mol. The minimum Gasteiger partial charge on any atom is -0.496 e. The molecule has 1 atom stereocenters. The van der Waals surface area contributed by atoms with Crippen molar-refractivity contribution in [2.24, 2.45) is 11.7 Å². The van der Waals surface area contributed by atoms with Crippen molar-refractivity contribution in [2.45, 2.75) is 52.0 Å². The number of nitrogens with two attached hydrogens (primary N) is 1. The quantitative estimate of drug-likeness (QED) is 0.879. The van der Waals surface area contributed by atoms with Crippen molar-refractivity contribution in [1.29, 1.82) is 0 Å². The van der Waals surface area contributed by atoms with E-state index >= 15 is 0 Å². The Labute approximate surface area is 111 Å². The number of methoxy groups -OCH3 is 1. The number of rotatable bonds is 3. The fourth-order valence-corrected chi connectivity index (χ4v) is 3.00. The molecule has 2 rings (SSSR count). The summed E-state index contributed by atoms with van der Waals surface area (Å²) in [5, 5.41) is 0. The van der Waals surface area contributed by atoms with Crippen LogP contribution in [0.2, 0.25) is 0 Å². The minimum absolute atomic E-state index is 0.125. The van der Waals surface area contributed by atoms with Crippen molar-refractivity contribution in [3.8, 4) is 5.75 Å². The normalized spacial score (nSPS) is 18.7. The van der Waals surface area contributed by atoms with Crippen LogP contribution in [0.3, 0.4) is 0 Å². The third-order valence-electron chi connectivity index (χ3n) is 4.36. The van der Waals surface area contributed by atoms with Gasteiger partial charge < -0.3 is 10.5 Å². The van der Waals surface area contributed by atoms with Gasteiger partial charge in [0, 0.05) is 11.6 Å². The van der Waals surface area contributed by atoms with Gasteiger partial charge in [-0.1, -0.05) is 25.3 Å². The van der Waals surface area contributed by atoms with Gasteiger partial charge in [-0.25, -0.2) is 0 Å². The Morgan fingerprint density at radius 1 is 1.11 bits per heavy atom. The summed E-state index contributed by atoms with van der Waals surface area (Å²) in [6.45, 7) is 4.26. The molecular formula is C16H25NO. The standard InChI is InChI=1S/C16H25NO/c1-11-9-14(15(18-3)10-12(11)2)16(17)13-7-5-4-6-8-13/h9-10,13,16H,4-8,17H2,1-3H3. The first kappa shape index (κ1) is 13.4. The molecule has 1 aromatic carbocycles. The highest BCUT2D eigenvalue weighted by molar-refractivity contribution is 5.43. The van der Waals surface area contributed by atoms with Crippen LogP contribution in [0.25, 0.3) is 0 Å².